The minimum absolute atomic E-state index is 0.0134. The zero-order chi connectivity index (χ0) is 19.6. The summed E-state index contributed by atoms with van der Waals surface area (Å²) in [5.74, 6) is -1.07. The third-order valence-electron chi connectivity index (χ3n) is 4.33. The van der Waals surface area contributed by atoms with E-state index in [1.807, 2.05) is 0 Å². The smallest absolute Gasteiger partial charge is 0.257 e. The molecule has 144 valence electrons. The van der Waals surface area contributed by atoms with Gasteiger partial charge in [0.15, 0.2) is 0 Å². The molecule has 1 saturated carbocycles. The molecule has 0 unspecified atom stereocenters. The molecule has 1 fully saturated rings. The Morgan fingerprint density at radius 2 is 1.67 bits per heavy atom. The molecule has 2 aromatic carbocycles. The maximum Gasteiger partial charge on any atom is 0.257 e. The van der Waals surface area contributed by atoms with Gasteiger partial charge in [0.05, 0.1) is 15.6 Å². The van der Waals surface area contributed by atoms with Gasteiger partial charge in [0.1, 0.15) is 10.7 Å². The third-order valence-corrected chi connectivity index (χ3v) is 6.63. The number of carbonyl (C=O) groups is 1. The summed E-state index contributed by atoms with van der Waals surface area (Å²) in [6.45, 7) is 0. The lowest BCUT2D eigenvalue weighted by molar-refractivity contribution is 0.102. The quantitative estimate of drug-likeness (QED) is 0.727. The molecule has 2 N–H and O–H groups in total. The van der Waals surface area contributed by atoms with Crippen LogP contribution in [0.5, 0.6) is 0 Å². The van der Waals surface area contributed by atoms with E-state index in [0.717, 1.165) is 31.7 Å². The van der Waals surface area contributed by atoms with Crippen molar-refractivity contribution in [2.24, 2.45) is 0 Å². The van der Waals surface area contributed by atoms with Crippen LogP contribution in [-0.4, -0.2) is 20.4 Å². The van der Waals surface area contributed by atoms with E-state index in [0.29, 0.717) is 5.69 Å². The van der Waals surface area contributed by atoms with Crippen molar-refractivity contribution in [1.82, 2.24) is 4.72 Å². The number of nitrogens with one attached hydrogen (secondary N) is 2. The molecular formula is C18H17Cl2FN2O3S. The Kier molecular flexibility index (Phi) is 6.05. The number of benzene rings is 2. The number of rotatable bonds is 5. The summed E-state index contributed by atoms with van der Waals surface area (Å²) in [6.07, 6.45) is 3.46. The molecule has 3 rings (SSSR count). The van der Waals surface area contributed by atoms with Gasteiger partial charge >= 0.3 is 0 Å². The number of carbonyl (C=O) groups excluding carboxylic acids is 1. The van der Waals surface area contributed by atoms with Crippen molar-refractivity contribution in [2.75, 3.05) is 5.32 Å². The Morgan fingerprint density at radius 1 is 1.04 bits per heavy atom. The molecule has 1 aliphatic carbocycles. The summed E-state index contributed by atoms with van der Waals surface area (Å²) in [6, 6.07) is 7.40. The first-order chi connectivity index (χ1) is 12.8. The molecule has 27 heavy (non-hydrogen) atoms. The highest BCUT2D eigenvalue weighted by atomic mass is 35.5. The fraction of sp³-hybridized carbons (Fsp3) is 0.278. The van der Waals surface area contributed by atoms with E-state index in [4.69, 9.17) is 23.2 Å². The predicted molar refractivity (Wildman–Crippen MR) is 103 cm³/mol. The van der Waals surface area contributed by atoms with Crippen LogP contribution in [0.1, 0.15) is 36.0 Å². The van der Waals surface area contributed by atoms with Gasteiger partial charge in [0, 0.05) is 11.7 Å². The molecule has 0 atom stereocenters. The van der Waals surface area contributed by atoms with Crippen LogP contribution >= 0.6 is 23.2 Å². The molecule has 0 aromatic heterocycles. The van der Waals surface area contributed by atoms with Crippen LogP contribution in [0, 0.1) is 5.82 Å². The summed E-state index contributed by atoms with van der Waals surface area (Å²) in [7, 11) is -3.90. The first kappa shape index (κ1) is 20.1. The summed E-state index contributed by atoms with van der Waals surface area (Å²) >= 11 is 12.2. The van der Waals surface area contributed by atoms with Gasteiger partial charge in [0.25, 0.3) is 5.91 Å². The van der Waals surface area contributed by atoms with E-state index in [1.54, 1.807) is 0 Å². The largest absolute Gasteiger partial charge is 0.322 e. The van der Waals surface area contributed by atoms with Crippen molar-refractivity contribution in [2.45, 2.75) is 36.6 Å². The molecule has 1 amide bonds. The summed E-state index contributed by atoms with van der Waals surface area (Å²) in [5.41, 5.74) is 0.304. The minimum atomic E-state index is -3.90. The van der Waals surface area contributed by atoms with E-state index in [-0.39, 0.29) is 26.5 Å². The van der Waals surface area contributed by atoms with Crippen LogP contribution in [0.4, 0.5) is 10.1 Å². The lowest BCUT2D eigenvalue weighted by Crippen LogP contribution is -2.33. The summed E-state index contributed by atoms with van der Waals surface area (Å²) in [5, 5.41) is 2.50. The van der Waals surface area contributed by atoms with Crippen molar-refractivity contribution in [1.29, 1.82) is 0 Å². The molecule has 1 aliphatic rings. The molecule has 9 heteroatoms. The highest BCUT2D eigenvalue weighted by Crippen LogP contribution is 2.30. The van der Waals surface area contributed by atoms with Crippen molar-refractivity contribution >= 4 is 44.8 Å². The van der Waals surface area contributed by atoms with E-state index < -0.39 is 21.7 Å². The highest BCUT2D eigenvalue weighted by Gasteiger charge is 2.27. The molecule has 5 nitrogen and oxygen atoms in total. The number of sulfonamides is 1. The van der Waals surface area contributed by atoms with Gasteiger partial charge in [-0.3, -0.25) is 4.79 Å². The number of hydrogen-bond acceptors (Lipinski definition) is 3. The maximum atomic E-state index is 13.0. The molecule has 0 heterocycles. The SMILES string of the molecule is O=C(Nc1ccc(F)cc1)c1cc(S(=O)(=O)NC2CCCC2)c(Cl)cc1Cl. The molecule has 2 aromatic rings. The van der Waals surface area contributed by atoms with Crippen LogP contribution in [0.15, 0.2) is 41.3 Å². The first-order valence-electron chi connectivity index (χ1n) is 8.34. The van der Waals surface area contributed by atoms with Crippen molar-refractivity contribution in [3.63, 3.8) is 0 Å². The van der Waals surface area contributed by atoms with Crippen LogP contribution in [0.25, 0.3) is 0 Å². The molecule has 0 aliphatic heterocycles. The number of amides is 1. The average molecular weight is 431 g/mol. The molecular weight excluding hydrogens is 414 g/mol. The molecule has 0 bridgehead atoms. The Bertz CT molecular complexity index is 959. The highest BCUT2D eigenvalue weighted by molar-refractivity contribution is 7.89. The van der Waals surface area contributed by atoms with Gasteiger partial charge in [-0.25, -0.2) is 17.5 Å². The Labute approximate surface area is 166 Å². The number of anilines is 1. The van der Waals surface area contributed by atoms with E-state index in [1.165, 1.54) is 30.3 Å². The van der Waals surface area contributed by atoms with Crippen molar-refractivity contribution in [3.8, 4) is 0 Å². The second-order valence-corrected chi connectivity index (χ2v) is 8.82. The molecule has 0 saturated heterocycles. The van der Waals surface area contributed by atoms with E-state index in [2.05, 4.69) is 10.0 Å². The van der Waals surface area contributed by atoms with Gasteiger partial charge < -0.3 is 5.32 Å². The average Bonchev–Trinajstić information content (AvgIpc) is 3.08. The van der Waals surface area contributed by atoms with Gasteiger partial charge in [-0.1, -0.05) is 36.0 Å². The summed E-state index contributed by atoms with van der Waals surface area (Å²) < 4.78 is 41.0. The van der Waals surface area contributed by atoms with Gasteiger partial charge in [-0.2, -0.15) is 0 Å². The Balaban J connectivity index is 1.88. The normalized spacial score (nSPS) is 15.1. The van der Waals surface area contributed by atoms with Crippen LogP contribution in [0.2, 0.25) is 10.0 Å². The van der Waals surface area contributed by atoms with Gasteiger partial charge in [-0.15, -0.1) is 0 Å². The van der Waals surface area contributed by atoms with E-state index >= 15 is 0 Å². The standard InChI is InChI=1S/C18H17Cl2FN2O3S/c19-15-10-16(20)17(27(25,26)23-13-3-1-2-4-13)9-14(15)18(24)22-12-7-5-11(21)6-8-12/h5-10,13,23H,1-4H2,(H,22,24). The first-order valence-corrected chi connectivity index (χ1v) is 10.6. The monoisotopic (exact) mass is 430 g/mol. The van der Waals surface area contributed by atoms with Gasteiger partial charge in [-0.05, 0) is 49.2 Å². The Morgan fingerprint density at radius 3 is 2.30 bits per heavy atom. The van der Waals surface area contributed by atoms with Crippen LogP contribution in [0.3, 0.4) is 0 Å². The van der Waals surface area contributed by atoms with Crippen LogP contribution in [-0.2, 0) is 10.0 Å². The predicted octanol–water partition coefficient (Wildman–Crippen LogP) is 4.61. The van der Waals surface area contributed by atoms with Crippen molar-refractivity contribution < 1.29 is 17.6 Å². The van der Waals surface area contributed by atoms with E-state index in [9.17, 15) is 17.6 Å². The summed E-state index contributed by atoms with van der Waals surface area (Å²) in [4.78, 5) is 12.3. The van der Waals surface area contributed by atoms with Crippen molar-refractivity contribution in [3.05, 3.63) is 57.8 Å². The second-order valence-electron chi connectivity index (χ2n) is 6.33. The maximum absolute atomic E-state index is 13.0. The van der Waals surface area contributed by atoms with Crippen LogP contribution < -0.4 is 10.0 Å². The van der Waals surface area contributed by atoms with Gasteiger partial charge in [0.2, 0.25) is 10.0 Å². The third kappa shape index (κ3) is 4.79. The second kappa shape index (κ2) is 8.14. The zero-order valence-electron chi connectivity index (χ0n) is 14.1. The molecule has 0 radical (unpaired) electrons. The fourth-order valence-electron chi connectivity index (χ4n) is 2.97. The minimum Gasteiger partial charge on any atom is -0.322 e. The lowest BCUT2D eigenvalue weighted by atomic mass is 10.2. The lowest BCUT2D eigenvalue weighted by Gasteiger charge is -2.15. The Hall–Kier alpha value is -1.67. The zero-order valence-corrected chi connectivity index (χ0v) is 16.5. The molecule has 0 spiro atoms. The topological polar surface area (TPSA) is 75.3 Å². The number of hydrogen-bond donors (Lipinski definition) is 2. The fourth-order valence-corrected chi connectivity index (χ4v) is 5.13. The number of halogens is 3.